The minimum absolute atomic E-state index is 0.0819. The summed E-state index contributed by atoms with van der Waals surface area (Å²) < 4.78 is 25.1. The molecule has 0 aromatic heterocycles. The molecule has 2 N–H and O–H groups in total. The second-order valence-electron chi connectivity index (χ2n) is 5.24. The Hall–Kier alpha value is -0.820. The lowest BCUT2D eigenvalue weighted by molar-refractivity contribution is 0.289. The molecule has 1 aromatic rings. The van der Waals surface area contributed by atoms with Gasteiger partial charge in [0.25, 0.3) is 0 Å². The highest BCUT2D eigenvalue weighted by molar-refractivity contribution is 7.89. The van der Waals surface area contributed by atoms with E-state index in [1.165, 1.54) is 0 Å². The molecule has 1 aromatic carbocycles. The second kappa shape index (κ2) is 6.96. The van der Waals surface area contributed by atoms with Gasteiger partial charge in [0.05, 0.1) is 10.8 Å². The summed E-state index contributed by atoms with van der Waals surface area (Å²) in [6, 6.07) is 5.45. The van der Waals surface area contributed by atoms with Gasteiger partial charge in [0.1, 0.15) is 5.75 Å². The zero-order valence-corrected chi connectivity index (χ0v) is 13.6. The van der Waals surface area contributed by atoms with Crippen molar-refractivity contribution in [2.45, 2.75) is 32.4 Å². The average Bonchev–Trinajstić information content (AvgIpc) is 2.49. The van der Waals surface area contributed by atoms with Gasteiger partial charge in [-0.1, -0.05) is 17.7 Å². The Bertz CT molecular complexity index is 584. The van der Waals surface area contributed by atoms with Gasteiger partial charge in [-0.05, 0) is 37.5 Å². The predicted molar refractivity (Wildman–Crippen MR) is 84.0 cm³/mol. The van der Waals surface area contributed by atoms with Crippen LogP contribution in [0.25, 0.3) is 0 Å². The molecule has 0 saturated carbocycles. The van der Waals surface area contributed by atoms with Gasteiger partial charge >= 0.3 is 0 Å². The Morgan fingerprint density at radius 3 is 2.62 bits per heavy atom. The minimum atomic E-state index is -3.06. The summed E-state index contributed by atoms with van der Waals surface area (Å²) in [4.78, 5) is 0. The summed E-state index contributed by atoms with van der Waals surface area (Å²) in [5.74, 6) is 0.246. The first-order chi connectivity index (χ1) is 9.92. The maximum Gasteiger partial charge on any atom is 0.213 e. The molecule has 2 rings (SSSR count). The van der Waals surface area contributed by atoms with E-state index < -0.39 is 10.0 Å². The van der Waals surface area contributed by atoms with Gasteiger partial charge in [-0.2, -0.15) is 0 Å². The van der Waals surface area contributed by atoms with E-state index in [1.807, 2.05) is 6.07 Å². The third-order valence-electron chi connectivity index (χ3n) is 3.82. The molecule has 21 heavy (non-hydrogen) atoms. The van der Waals surface area contributed by atoms with E-state index in [9.17, 15) is 13.5 Å². The Morgan fingerprint density at radius 2 is 2.05 bits per heavy atom. The molecule has 7 heteroatoms. The number of phenols is 1. The van der Waals surface area contributed by atoms with Crippen LogP contribution in [-0.4, -0.2) is 42.7 Å². The highest BCUT2D eigenvalue weighted by Gasteiger charge is 2.26. The van der Waals surface area contributed by atoms with Crippen LogP contribution in [0.15, 0.2) is 18.2 Å². The number of hydrogen-bond acceptors (Lipinski definition) is 4. The van der Waals surface area contributed by atoms with Crippen LogP contribution in [0.4, 0.5) is 0 Å². The molecular formula is C14H21ClN2O3S. The van der Waals surface area contributed by atoms with E-state index in [2.05, 4.69) is 5.32 Å². The van der Waals surface area contributed by atoms with E-state index in [0.717, 1.165) is 18.4 Å². The third-order valence-corrected chi connectivity index (χ3v) is 6.00. The zero-order chi connectivity index (χ0) is 15.5. The number of nitrogens with zero attached hydrogens (tertiary/aromatic N) is 1. The fourth-order valence-electron chi connectivity index (χ4n) is 2.44. The summed E-state index contributed by atoms with van der Waals surface area (Å²) in [6.45, 7) is 3.48. The largest absolute Gasteiger partial charge is 0.506 e. The van der Waals surface area contributed by atoms with Gasteiger partial charge in [-0.25, -0.2) is 12.7 Å². The molecule has 1 fully saturated rings. The van der Waals surface area contributed by atoms with Gasteiger partial charge in [0, 0.05) is 25.7 Å². The Morgan fingerprint density at radius 1 is 1.38 bits per heavy atom. The first-order valence-electron chi connectivity index (χ1n) is 7.11. The van der Waals surface area contributed by atoms with E-state index >= 15 is 0 Å². The van der Waals surface area contributed by atoms with Crippen LogP contribution in [-0.2, 0) is 16.6 Å². The molecule has 118 valence electrons. The monoisotopic (exact) mass is 332 g/mol. The molecule has 1 heterocycles. The molecule has 0 unspecified atom stereocenters. The number of halogens is 1. The number of hydrogen-bond donors (Lipinski definition) is 2. The normalized spacial score (nSPS) is 18.0. The number of rotatable bonds is 5. The number of aromatic hydroxyl groups is 1. The molecule has 0 amide bonds. The number of piperidine rings is 1. The van der Waals surface area contributed by atoms with Crippen LogP contribution in [0.5, 0.6) is 5.75 Å². The molecule has 5 nitrogen and oxygen atoms in total. The lowest BCUT2D eigenvalue weighted by Crippen LogP contribution is -2.45. The number of phenolic OH excluding ortho intramolecular Hbond substituents is 1. The van der Waals surface area contributed by atoms with Gasteiger partial charge in [0.2, 0.25) is 10.0 Å². The van der Waals surface area contributed by atoms with Gasteiger partial charge in [-0.15, -0.1) is 0 Å². The molecule has 0 bridgehead atoms. The van der Waals surface area contributed by atoms with Crippen LogP contribution in [0, 0.1) is 0 Å². The van der Waals surface area contributed by atoms with Crippen LogP contribution < -0.4 is 5.32 Å². The number of sulfonamides is 1. The van der Waals surface area contributed by atoms with Crippen molar-refractivity contribution in [1.29, 1.82) is 0 Å². The van der Waals surface area contributed by atoms with Gasteiger partial charge < -0.3 is 10.4 Å². The van der Waals surface area contributed by atoms with Gasteiger partial charge in [-0.3, -0.25) is 0 Å². The zero-order valence-electron chi connectivity index (χ0n) is 12.0. The van der Waals surface area contributed by atoms with Crippen molar-refractivity contribution in [3.8, 4) is 5.75 Å². The van der Waals surface area contributed by atoms with Crippen molar-refractivity contribution in [3.05, 3.63) is 28.8 Å². The van der Waals surface area contributed by atoms with E-state index in [-0.39, 0.29) is 11.5 Å². The summed E-state index contributed by atoms with van der Waals surface area (Å²) in [7, 11) is -3.06. The van der Waals surface area contributed by atoms with Crippen molar-refractivity contribution < 1.29 is 13.5 Å². The first-order valence-corrected chi connectivity index (χ1v) is 9.09. The van der Waals surface area contributed by atoms with Crippen molar-refractivity contribution in [2.24, 2.45) is 0 Å². The van der Waals surface area contributed by atoms with Crippen molar-refractivity contribution in [2.75, 3.05) is 18.8 Å². The van der Waals surface area contributed by atoms with Crippen LogP contribution in [0.2, 0.25) is 5.02 Å². The summed E-state index contributed by atoms with van der Waals surface area (Å²) in [5.41, 5.74) is 1.00. The highest BCUT2D eigenvalue weighted by atomic mass is 35.5. The maximum absolute atomic E-state index is 11.8. The average molecular weight is 333 g/mol. The fourth-order valence-corrected chi connectivity index (χ4v) is 3.78. The van der Waals surface area contributed by atoms with Gasteiger partial charge in [0.15, 0.2) is 0 Å². The van der Waals surface area contributed by atoms with Crippen molar-refractivity contribution >= 4 is 21.6 Å². The Balaban J connectivity index is 1.82. The molecule has 1 aliphatic heterocycles. The first kappa shape index (κ1) is 16.5. The molecule has 1 saturated heterocycles. The SMILES string of the molecule is CCS(=O)(=O)N1CCC(NCc2ccc(O)c(Cl)c2)CC1. The molecule has 0 atom stereocenters. The minimum Gasteiger partial charge on any atom is -0.506 e. The second-order valence-corrected chi connectivity index (χ2v) is 7.91. The molecule has 0 radical (unpaired) electrons. The molecule has 0 spiro atoms. The smallest absolute Gasteiger partial charge is 0.213 e. The Kier molecular flexibility index (Phi) is 5.48. The summed E-state index contributed by atoms with van der Waals surface area (Å²) >= 11 is 5.87. The molecule has 0 aliphatic carbocycles. The van der Waals surface area contributed by atoms with Crippen LogP contribution >= 0.6 is 11.6 Å². The third kappa shape index (κ3) is 4.32. The fraction of sp³-hybridized carbons (Fsp3) is 0.571. The quantitative estimate of drug-likeness (QED) is 0.864. The van der Waals surface area contributed by atoms with Crippen molar-refractivity contribution in [1.82, 2.24) is 9.62 Å². The van der Waals surface area contributed by atoms with Crippen LogP contribution in [0.3, 0.4) is 0 Å². The number of benzene rings is 1. The molecule has 1 aliphatic rings. The van der Waals surface area contributed by atoms with Crippen molar-refractivity contribution in [3.63, 3.8) is 0 Å². The predicted octanol–water partition coefficient (Wildman–Crippen LogP) is 1.95. The van der Waals surface area contributed by atoms with E-state index in [4.69, 9.17) is 11.6 Å². The Labute approximate surface area is 131 Å². The van der Waals surface area contributed by atoms with Crippen LogP contribution in [0.1, 0.15) is 25.3 Å². The molecular weight excluding hydrogens is 312 g/mol. The lowest BCUT2D eigenvalue weighted by atomic mass is 10.1. The standard InChI is InChI=1S/C14H21ClN2O3S/c1-2-21(19,20)17-7-5-12(6-8-17)16-10-11-3-4-14(18)13(15)9-11/h3-4,9,12,16,18H,2,5-8,10H2,1H3. The maximum atomic E-state index is 11.8. The van der Waals surface area contributed by atoms with E-state index in [0.29, 0.717) is 30.7 Å². The highest BCUT2D eigenvalue weighted by Crippen LogP contribution is 2.23. The number of nitrogens with one attached hydrogen (secondary N) is 1. The summed E-state index contributed by atoms with van der Waals surface area (Å²) in [5, 5.41) is 13.1. The van der Waals surface area contributed by atoms with E-state index in [1.54, 1.807) is 23.4 Å². The topological polar surface area (TPSA) is 69.6 Å². The lowest BCUT2D eigenvalue weighted by Gasteiger charge is -2.31. The summed E-state index contributed by atoms with van der Waals surface area (Å²) in [6.07, 6.45) is 1.62.